The zero-order valence-corrected chi connectivity index (χ0v) is 10.9. The predicted molar refractivity (Wildman–Crippen MR) is 62.3 cm³/mol. The number of halogens is 1. The minimum Gasteiger partial charge on any atom is -0.355 e. The molecule has 0 bridgehead atoms. The molecule has 0 saturated carbocycles. The summed E-state index contributed by atoms with van der Waals surface area (Å²) >= 11 is 1.07. The highest BCUT2D eigenvalue weighted by Crippen LogP contribution is 2.34. The van der Waals surface area contributed by atoms with Crippen molar-refractivity contribution in [2.24, 2.45) is 0 Å². The van der Waals surface area contributed by atoms with E-state index in [1.165, 1.54) is 6.07 Å². The second kappa shape index (κ2) is 3.87. The van der Waals surface area contributed by atoms with Gasteiger partial charge in [0.15, 0.2) is 5.76 Å². The van der Waals surface area contributed by atoms with Crippen molar-refractivity contribution in [3.05, 3.63) is 23.4 Å². The van der Waals surface area contributed by atoms with Crippen molar-refractivity contribution in [2.75, 3.05) is 0 Å². The van der Waals surface area contributed by atoms with Crippen LogP contribution >= 0.6 is 22.0 Å². The molecule has 7 heteroatoms. The Hall–Kier alpha value is -0.850. The van der Waals surface area contributed by atoms with Crippen molar-refractivity contribution in [1.82, 2.24) is 5.16 Å². The Morgan fingerprint density at radius 2 is 2.06 bits per heavy atom. The van der Waals surface area contributed by atoms with E-state index in [1.54, 1.807) is 6.07 Å². The number of hydrogen-bond acceptors (Lipinski definition) is 5. The number of rotatable bonds is 2. The zero-order valence-electron chi connectivity index (χ0n) is 8.52. The molecule has 2 aromatic heterocycles. The topological polar surface area (TPSA) is 60.2 Å². The summed E-state index contributed by atoms with van der Waals surface area (Å²) in [6, 6.07) is 3.12. The van der Waals surface area contributed by atoms with Gasteiger partial charge in [0.05, 0.1) is 10.6 Å². The molecule has 2 rings (SSSR count). The monoisotopic (exact) mass is 277 g/mol. The van der Waals surface area contributed by atoms with E-state index >= 15 is 0 Å². The SMILES string of the molecule is Cc1noc(-c2ccc(S(=O)(=O)Cl)s2)c1C. The summed E-state index contributed by atoms with van der Waals surface area (Å²) in [7, 11) is 1.57. The van der Waals surface area contributed by atoms with Gasteiger partial charge in [-0.2, -0.15) is 0 Å². The Labute approximate surface area is 101 Å². The molecule has 0 spiro atoms. The van der Waals surface area contributed by atoms with Crippen molar-refractivity contribution < 1.29 is 12.9 Å². The van der Waals surface area contributed by atoms with Crippen LogP contribution in [0.3, 0.4) is 0 Å². The van der Waals surface area contributed by atoms with E-state index in [0.29, 0.717) is 10.6 Å². The molecule has 2 aromatic rings. The minimum absolute atomic E-state index is 0.109. The molecule has 86 valence electrons. The van der Waals surface area contributed by atoms with Gasteiger partial charge in [-0.15, -0.1) is 11.3 Å². The van der Waals surface area contributed by atoms with E-state index < -0.39 is 9.05 Å². The third-order valence-corrected chi connectivity index (χ3v) is 5.38. The molecule has 0 aliphatic rings. The van der Waals surface area contributed by atoms with Crippen molar-refractivity contribution in [3.8, 4) is 10.6 Å². The first-order valence-electron chi connectivity index (χ1n) is 4.37. The van der Waals surface area contributed by atoms with Crippen molar-refractivity contribution >= 4 is 31.1 Å². The molecule has 0 fully saturated rings. The van der Waals surface area contributed by atoms with Gasteiger partial charge in [0.2, 0.25) is 0 Å². The number of aromatic nitrogens is 1. The maximum atomic E-state index is 11.1. The molecule has 0 radical (unpaired) electrons. The van der Waals surface area contributed by atoms with Crippen LogP contribution in [0.25, 0.3) is 10.6 Å². The first-order valence-corrected chi connectivity index (χ1v) is 7.50. The van der Waals surface area contributed by atoms with E-state index in [2.05, 4.69) is 5.16 Å². The van der Waals surface area contributed by atoms with E-state index in [-0.39, 0.29) is 4.21 Å². The standard InChI is InChI=1S/C9H8ClNO3S2/c1-5-6(2)11-14-9(5)7-3-4-8(15-7)16(10,12)13/h3-4H,1-2H3. The van der Waals surface area contributed by atoms with Crippen LogP contribution in [-0.2, 0) is 9.05 Å². The fourth-order valence-electron chi connectivity index (χ4n) is 1.22. The molecular weight excluding hydrogens is 270 g/mol. The molecular formula is C9H8ClNO3S2. The molecule has 0 saturated heterocycles. The number of nitrogens with zero attached hydrogens (tertiary/aromatic N) is 1. The van der Waals surface area contributed by atoms with Crippen LogP contribution in [-0.4, -0.2) is 13.6 Å². The maximum absolute atomic E-state index is 11.1. The average Bonchev–Trinajstić information content (AvgIpc) is 2.74. The van der Waals surface area contributed by atoms with Crippen LogP contribution in [0.4, 0.5) is 0 Å². The molecule has 0 aliphatic heterocycles. The highest BCUT2D eigenvalue weighted by Gasteiger charge is 2.18. The summed E-state index contributed by atoms with van der Waals surface area (Å²) in [5.74, 6) is 0.592. The average molecular weight is 278 g/mol. The van der Waals surface area contributed by atoms with Crippen LogP contribution in [0.1, 0.15) is 11.3 Å². The number of thiophene rings is 1. The molecule has 0 aromatic carbocycles. The zero-order chi connectivity index (χ0) is 11.9. The molecule has 4 nitrogen and oxygen atoms in total. The summed E-state index contributed by atoms with van der Waals surface area (Å²) in [5.41, 5.74) is 1.69. The number of aryl methyl sites for hydroxylation is 1. The Morgan fingerprint density at radius 3 is 2.50 bits per heavy atom. The van der Waals surface area contributed by atoms with Crippen molar-refractivity contribution in [2.45, 2.75) is 18.1 Å². The van der Waals surface area contributed by atoms with Gasteiger partial charge >= 0.3 is 0 Å². The highest BCUT2D eigenvalue weighted by molar-refractivity contribution is 8.15. The summed E-state index contributed by atoms with van der Waals surface area (Å²) in [6.07, 6.45) is 0. The van der Waals surface area contributed by atoms with Crippen LogP contribution in [0.5, 0.6) is 0 Å². The first-order chi connectivity index (χ1) is 7.39. The van der Waals surface area contributed by atoms with Crippen LogP contribution in [0, 0.1) is 13.8 Å². The van der Waals surface area contributed by atoms with E-state index in [4.69, 9.17) is 15.2 Å². The Balaban J connectivity index is 2.51. The molecule has 0 amide bonds. The van der Waals surface area contributed by atoms with Gasteiger partial charge in [-0.25, -0.2) is 8.42 Å². The van der Waals surface area contributed by atoms with Crippen molar-refractivity contribution in [3.63, 3.8) is 0 Å². The molecule has 0 atom stereocenters. The quantitative estimate of drug-likeness (QED) is 0.792. The molecule has 0 aliphatic carbocycles. The van der Waals surface area contributed by atoms with E-state index in [0.717, 1.165) is 22.6 Å². The Morgan fingerprint density at radius 1 is 1.38 bits per heavy atom. The van der Waals surface area contributed by atoms with Gasteiger partial charge in [-0.3, -0.25) is 0 Å². The third-order valence-electron chi connectivity index (χ3n) is 2.20. The van der Waals surface area contributed by atoms with Crippen molar-refractivity contribution in [1.29, 1.82) is 0 Å². The largest absolute Gasteiger partial charge is 0.355 e. The molecule has 0 N–H and O–H groups in total. The second-order valence-electron chi connectivity index (χ2n) is 3.28. The molecule has 2 heterocycles. The fourth-order valence-corrected chi connectivity index (χ4v) is 3.33. The normalized spacial score (nSPS) is 11.9. The van der Waals surface area contributed by atoms with Gasteiger partial charge in [0.1, 0.15) is 4.21 Å². The number of hydrogen-bond donors (Lipinski definition) is 0. The fraction of sp³-hybridized carbons (Fsp3) is 0.222. The lowest BCUT2D eigenvalue weighted by atomic mass is 10.2. The Kier molecular flexibility index (Phi) is 2.81. The first kappa shape index (κ1) is 11.6. The molecule has 16 heavy (non-hydrogen) atoms. The van der Waals surface area contributed by atoms with E-state index in [1.807, 2.05) is 13.8 Å². The lowest BCUT2D eigenvalue weighted by Gasteiger charge is -1.91. The van der Waals surface area contributed by atoms with Gasteiger partial charge in [-0.05, 0) is 26.0 Å². The van der Waals surface area contributed by atoms with Crippen LogP contribution < -0.4 is 0 Å². The Bertz CT molecular complexity index is 627. The van der Waals surface area contributed by atoms with Gasteiger partial charge < -0.3 is 4.52 Å². The van der Waals surface area contributed by atoms with Gasteiger partial charge in [0, 0.05) is 16.2 Å². The lowest BCUT2D eigenvalue weighted by Crippen LogP contribution is -1.83. The van der Waals surface area contributed by atoms with Gasteiger partial charge in [0.25, 0.3) is 9.05 Å². The van der Waals surface area contributed by atoms with Crippen LogP contribution in [0.2, 0.25) is 0 Å². The summed E-state index contributed by atoms with van der Waals surface area (Å²) < 4.78 is 27.4. The summed E-state index contributed by atoms with van der Waals surface area (Å²) in [6.45, 7) is 3.70. The predicted octanol–water partition coefficient (Wildman–Crippen LogP) is 2.95. The third kappa shape index (κ3) is 2.00. The maximum Gasteiger partial charge on any atom is 0.270 e. The highest BCUT2D eigenvalue weighted by atomic mass is 35.7. The molecule has 0 unspecified atom stereocenters. The minimum atomic E-state index is -3.67. The van der Waals surface area contributed by atoms with Gasteiger partial charge in [-0.1, -0.05) is 5.16 Å². The smallest absolute Gasteiger partial charge is 0.270 e. The van der Waals surface area contributed by atoms with E-state index in [9.17, 15) is 8.42 Å². The second-order valence-corrected chi connectivity index (χ2v) is 7.16. The van der Waals surface area contributed by atoms with Crippen LogP contribution in [0.15, 0.2) is 20.9 Å². The summed E-state index contributed by atoms with van der Waals surface area (Å²) in [5, 5.41) is 3.81. The summed E-state index contributed by atoms with van der Waals surface area (Å²) in [4.78, 5) is 0.706. The lowest BCUT2D eigenvalue weighted by molar-refractivity contribution is 0.427.